The summed E-state index contributed by atoms with van der Waals surface area (Å²) in [5, 5.41) is 13.8. The quantitative estimate of drug-likeness (QED) is 0.864. The van der Waals surface area contributed by atoms with Crippen molar-refractivity contribution < 1.29 is 4.79 Å². The van der Waals surface area contributed by atoms with E-state index >= 15 is 0 Å². The smallest absolute Gasteiger partial charge is 0.260 e. The van der Waals surface area contributed by atoms with Crippen LogP contribution in [0.3, 0.4) is 0 Å². The molecule has 0 aromatic carbocycles. The summed E-state index contributed by atoms with van der Waals surface area (Å²) in [6, 6.07) is 0. The number of aromatic nitrogens is 4. The molecule has 0 spiro atoms. The van der Waals surface area contributed by atoms with Gasteiger partial charge in [0.25, 0.3) is 5.91 Å². The molecule has 6 nitrogen and oxygen atoms in total. The largest absolute Gasteiger partial charge is 0.307 e. The van der Waals surface area contributed by atoms with Gasteiger partial charge in [-0.2, -0.15) is 10.2 Å². The number of carbonyl (C=O) groups excluding carboxylic acids is 1. The Hall–Kier alpha value is -2.11. The van der Waals surface area contributed by atoms with E-state index < -0.39 is 0 Å². The first-order valence-electron chi connectivity index (χ1n) is 5.88. The summed E-state index contributed by atoms with van der Waals surface area (Å²) >= 11 is 0. The lowest BCUT2D eigenvalue weighted by atomic mass is 10.2. The molecule has 2 N–H and O–H groups in total. The Morgan fingerprint density at radius 3 is 2.78 bits per heavy atom. The molecule has 0 bridgehead atoms. The molecule has 0 saturated carbocycles. The van der Waals surface area contributed by atoms with Crippen LogP contribution in [0, 0.1) is 13.8 Å². The first-order chi connectivity index (χ1) is 8.54. The van der Waals surface area contributed by atoms with Crippen molar-refractivity contribution in [3.05, 3.63) is 28.7 Å². The third-order valence-electron chi connectivity index (χ3n) is 3.07. The lowest BCUT2D eigenvalue weighted by molar-refractivity contribution is 0.102. The first-order valence-corrected chi connectivity index (χ1v) is 5.88. The van der Waals surface area contributed by atoms with E-state index in [0.29, 0.717) is 11.4 Å². The van der Waals surface area contributed by atoms with Gasteiger partial charge in [-0.05, 0) is 20.3 Å². The average molecular weight is 247 g/mol. The summed E-state index contributed by atoms with van der Waals surface area (Å²) in [7, 11) is 1.83. The maximum atomic E-state index is 12.2. The number of amides is 1. The monoisotopic (exact) mass is 247 g/mol. The van der Waals surface area contributed by atoms with E-state index in [4.69, 9.17) is 0 Å². The fraction of sp³-hybridized carbons (Fsp3) is 0.417. The van der Waals surface area contributed by atoms with Gasteiger partial charge in [0.05, 0.1) is 17.5 Å². The van der Waals surface area contributed by atoms with Crippen molar-refractivity contribution >= 4 is 11.7 Å². The number of nitrogens with one attached hydrogen (secondary N) is 2. The van der Waals surface area contributed by atoms with E-state index in [0.717, 1.165) is 23.4 Å². The van der Waals surface area contributed by atoms with E-state index in [1.165, 1.54) is 0 Å². The van der Waals surface area contributed by atoms with Gasteiger partial charge in [-0.15, -0.1) is 0 Å². The van der Waals surface area contributed by atoms with Crippen LogP contribution in [0.15, 0.2) is 6.20 Å². The molecule has 2 aromatic rings. The molecule has 2 heterocycles. The van der Waals surface area contributed by atoms with Gasteiger partial charge in [0, 0.05) is 18.3 Å². The number of aromatic amines is 1. The highest BCUT2D eigenvalue weighted by Gasteiger charge is 2.18. The highest BCUT2D eigenvalue weighted by molar-refractivity contribution is 6.05. The predicted octanol–water partition coefficient (Wildman–Crippen LogP) is 1.57. The number of carbonyl (C=O) groups is 1. The van der Waals surface area contributed by atoms with Gasteiger partial charge >= 0.3 is 0 Å². The summed E-state index contributed by atoms with van der Waals surface area (Å²) in [6.45, 7) is 5.72. The van der Waals surface area contributed by atoms with Crippen LogP contribution >= 0.6 is 0 Å². The number of H-pyrrole nitrogens is 1. The second-order valence-corrected chi connectivity index (χ2v) is 4.25. The van der Waals surface area contributed by atoms with Gasteiger partial charge in [0.2, 0.25) is 0 Å². The number of nitrogens with zero attached hydrogens (tertiary/aromatic N) is 3. The highest BCUT2D eigenvalue weighted by Crippen LogP contribution is 2.16. The van der Waals surface area contributed by atoms with Crippen molar-refractivity contribution in [2.45, 2.75) is 27.2 Å². The molecular formula is C12H17N5O. The van der Waals surface area contributed by atoms with E-state index in [-0.39, 0.29) is 5.91 Å². The van der Waals surface area contributed by atoms with Crippen LogP contribution in [0.25, 0.3) is 0 Å². The van der Waals surface area contributed by atoms with Crippen molar-refractivity contribution in [1.29, 1.82) is 0 Å². The second kappa shape index (κ2) is 4.64. The van der Waals surface area contributed by atoms with Gasteiger partial charge in [-0.25, -0.2) is 0 Å². The van der Waals surface area contributed by atoms with Crippen LogP contribution in [0.2, 0.25) is 0 Å². The van der Waals surface area contributed by atoms with Gasteiger partial charge in [0.1, 0.15) is 5.82 Å². The normalized spacial score (nSPS) is 10.7. The number of aryl methyl sites for hydroxylation is 3. The molecule has 2 rings (SSSR count). The van der Waals surface area contributed by atoms with Crippen molar-refractivity contribution in [1.82, 2.24) is 20.0 Å². The Balaban J connectivity index is 2.28. The summed E-state index contributed by atoms with van der Waals surface area (Å²) in [5.41, 5.74) is 3.18. The van der Waals surface area contributed by atoms with Crippen LogP contribution in [0.1, 0.15) is 34.2 Å². The minimum atomic E-state index is -0.156. The maximum absolute atomic E-state index is 12.2. The number of rotatable bonds is 3. The molecule has 0 saturated heterocycles. The van der Waals surface area contributed by atoms with Crippen LogP contribution < -0.4 is 5.32 Å². The minimum Gasteiger partial charge on any atom is -0.307 e. The lowest BCUT2D eigenvalue weighted by Crippen LogP contribution is -2.15. The molecule has 18 heavy (non-hydrogen) atoms. The zero-order valence-electron chi connectivity index (χ0n) is 11.0. The van der Waals surface area contributed by atoms with E-state index in [1.807, 2.05) is 27.8 Å². The van der Waals surface area contributed by atoms with Gasteiger partial charge in [0.15, 0.2) is 0 Å². The van der Waals surface area contributed by atoms with E-state index in [9.17, 15) is 4.79 Å². The Morgan fingerprint density at radius 2 is 2.22 bits per heavy atom. The third-order valence-corrected chi connectivity index (χ3v) is 3.07. The maximum Gasteiger partial charge on any atom is 0.260 e. The van der Waals surface area contributed by atoms with Crippen LogP contribution in [-0.4, -0.2) is 25.9 Å². The molecule has 2 aromatic heterocycles. The summed E-state index contributed by atoms with van der Waals surface area (Å²) in [5.74, 6) is 0.502. The molecule has 0 aliphatic heterocycles. The van der Waals surface area contributed by atoms with E-state index in [2.05, 4.69) is 20.6 Å². The topological polar surface area (TPSA) is 75.6 Å². The number of hydrogen-bond donors (Lipinski definition) is 2. The summed E-state index contributed by atoms with van der Waals surface area (Å²) < 4.78 is 1.71. The van der Waals surface area contributed by atoms with Crippen molar-refractivity contribution in [3.63, 3.8) is 0 Å². The average Bonchev–Trinajstić information content (AvgIpc) is 2.85. The molecule has 0 radical (unpaired) electrons. The minimum absolute atomic E-state index is 0.156. The number of anilines is 1. The lowest BCUT2D eigenvalue weighted by Gasteiger charge is -2.05. The Morgan fingerprint density at radius 1 is 1.50 bits per heavy atom. The van der Waals surface area contributed by atoms with E-state index in [1.54, 1.807) is 10.9 Å². The molecule has 0 fully saturated rings. The Kier molecular flexibility index (Phi) is 3.18. The van der Waals surface area contributed by atoms with Gasteiger partial charge < -0.3 is 5.32 Å². The molecular weight excluding hydrogens is 230 g/mol. The van der Waals surface area contributed by atoms with Crippen LogP contribution in [-0.2, 0) is 13.5 Å². The SMILES string of the molecule is CCc1cn[nH]c1NC(=O)c1c(C)nn(C)c1C. The fourth-order valence-electron chi connectivity index (χ4n) is 1.97. The molecule has 96 valence electrons. The van der Waals surface area contributed by atoms with Crippen molar-refractivity contribution in [2.24, 2.45) is 7.05 Å². The molecule has 0 aliphatic rings. The molecule has 0 unspecified atom stereocenters. The molecule has 0 aliphatic carbocycles. The fourth-order valence-corrected chi connectivity index (χ4v) is 1.97. The summed E-state index contributed by atoms with van der Waals surface area (Å²) in [4.78, 5) is 12.2. The highest BCUT2D eigenvalue weighted by atomic mass is 16.1. The van der Waals surface area contributed by atoms with Crippen LogP contribution in [0.5, 0.6) is 0 Å². The van der Waals surface area contributed by atoms with Crippen LogP contribution in [0.4, 0.5) is 5.82 Å². The zero-order chi connectivity index (χ0) is 13.3. The van der Waals surface area contributed by atoms with Crippen molar-refractivity contribution in [3.8, 4) is 0 Å². The molecule has 1 amide bonds. The predicted molar refractivity (Wildman–Crippen MR) is 68.6 cm³/mol. The Bertz CT molecular complexity index is 581. The van der Waals surface area contributed by atoms with Gasteiger partial charge in [-0.3, -0.25) is 14.6 Å². The standard InChI is InChI=1S/C12H17N5O/c1-5-9-6-13-15-11(9)14-12(18)10-7(2)16-17(4)8(10)3/h6H,5H2,1-4H3,(H2,13,14,15,18). The zero-order valence-corrected chi connectivity index (χ0v) is 11.0. The third kappa shape index (κ3) is 2.01. The summed E-state index contributed by atoms with van der Waals surface area (Å²) in [6.07, 6.45) is 2.54. The van der Waals surface area contributed by atoms with Gasteiger partial charge in [-0.1, -0.05) is 6.92 Å². The second-order valence-electron chi connectivity index (χ2n) is 4.25. The Labute approximate surface area is 105 Å². The van der Waals surface area contributed by atoms with Crippen molar-refractivity contribution in [2.75, 3.05) is 5.32 Å². The number of hydrogen-bond acceptors (Lipinski definition) is 3. The molecule has 6 heteroatoms. The first kappa shape index (κ1) is 12.3. The molecule has 0 atom stereocenters.